The van der Waals surface area contributed by atoms with Crippen LogP contribution in [0.3, 0.4) is 0 Å². The highest BCUT2D eigenvalue weighted by atomic mass is 35.5. The minimum Gasteiger partial charge on any atom is -0.506 e. The van der Waals surface area contributed by atoms with Crippen molar-refractivity contribution >= 4 is 33.2 Å². The normalized spacial score (nSPS) is 12.8. The van der Waals surface area contributed by atoms with Crippen molar-refractivity contribution in [3.8, 4) is 5.75 Å². The molecule has 0 aliphatic heterocycles. The predicted molar refractivity (Wildman–Crippen MR) is 97.1 cm³/mol. The van der Waals surface area contributed by atoms with Gasteiger partial charge in [0.15, 0.2) is 0 Å². The highest BCUT2D eigenvalue weighted by molar-refractivity contribution is 7.89. The molecule has 0 radical (unpaired) electrons. The number of anilines is 1. The van der Waals surface area contributed by atoms with E-state index in [1.165, 1.54) is 30.3 Å². The van der Waals surface area contributed by atoms with Crippen LogP contribution in [0.25, 0.3) is 0 Å². The van der Waals surface area contributed by atoms with Gasteiger partial charge in [0, 0.05) is 5.02 Å². The van der Waals surface area contributed by atoms with Crippen molar-refractivity contribution in [1.29, 1.82) is 0 Å². The smallest absolute Gasteiger partial charge is 0.244 e. The van der Waals surface area contributed by atoms with E-state index >= 15 is 0 Å². The molecule has 0 aliphatic rings. The largest absolute Gasteiger partial charge is 0.506 e. The van der Waals surface area contributed by atoms with E-state index in [0.29, 0.717) is 0 Å². The van der Waals surface area contributed by atoms with Gasteiger partial charge in [-0.3, -0.25) is 4.79 Å². The Balaban J connectivity index is 2.27. The van der Waals surface area contributed by atoms with Crippen molar-refractivity contribution in [2.75, 3.05) is 5.32 Å². The highest BCUT2D eigenvalue weighted by Crippen LogP contribution is 2.27. The van der Waals surface area contributed by atoms with Gasteiger partial charge in [-0.25, -0.2) is 12.8 Å². The molecule has 0 aromatic heterocycles. The molecule has 0 heterocycles. The van der Waals surface area contributed by atoms with Crippen molar-refractivity contribution in [3.05, 3.63) is 53.3 Å². The van der Waals surface area contributed by atoms with Gasteiger partial charge in [0.05, 0.1) is 5.69 Å². The molecule has 1 atom stereocenters. The number of phenols is 1. The van der Waals surface area contributed by atoms with Crippen LogP contribution < -0.4 is 10.0 Å². The number of hydrogen-bond donors (Lipinski definition) is 3. The van der Waals surface area contributed by atoms with Gasteiger partial charge in [-0.2, -0.15) is 4.72 Å². The van der Waals surface area contributed by atoms with Gasteiger partial charge in [-0.05, 0) is 36.2 Å². The van der Waals surface area contributed by atoms with E-state index < -0.39 is 38.6 Å². The minimum absolute atomic E-state index is 0.0400. The summed E-state index contributed by atoms with van der Waals surface area (Å²) >= 11 is 5.83. The van der Waals surface area contributed by atoms with Crippen LogP contribution in [-0.4, -0.2) is 25.5 Å². The maximum Gasteiger partial charge on any atom is 0.244 e. The Bertz CT molecular complexity index is 919. The van der Waals surface area contributed by atoms with Gasteiger partial charge in [-0.15, -0.1) is 0 Å². The van der Waals surface area contributed by atoms with Gasteiger partial charge in [-0.1, -0.05) is 37.6 Å². The van der Waals surface area contributed by atoms with Crippen LogP contribution in [0.15, 0.2) is 47.4 Å². The molecule has 1 amide bonds. The van der Waals surface area contributed by atoms with Crippen molar-refractivity contribution < 1.29 is 22.7 Å². The average molecular weight is 401 g/mol. The minimum atomic E-state index is -4.27. The molecule has 0 aliphatic carbocycles. The lowest BCUT2D eigenvalue weighted by Crippen LogP contribution is -2.47. The fraction of sp³-hybridized carbons (Fsp3) is 0.235. The summed E-state index contributed by atoms with van der Waals surface area (Å²) in [7, 11) is -4.27. The van der Waals surface area contributed by atoms with E-state index in [2.05, 4.69) is 10.0 Å². The van der Waals surface area contributed by atoms with Gasteiger partial charge < -0.3 is 10.4 Å². The fourth-order valence-electron chi connectivity index (χ4n) is 2.20. The molecule has 140 valence electrons. The zero-order valence-corrected chi connectivity index (χ0v) is 15.6. The molecule has 9 heteroatoms. The summed E-state index contributed by atoms with van der Waals surface area (Å²) in [5.74, 6) is -2.30. The first-order chi connectivity index (χ1) is 12.1. The van der Waals surface area contributed by atoms with Crippen LogP contribution in [0.5, 0.6) is 5.75 Å². The van der Waals surface area contributed by atoms with E-state index in [9.17, 15) is 22.7 Å². The second kappa shape index (κ2) is 8.03. The molecule has 0 unspecified atom stereocenters. The number of benzene rings is 2. The number of hydrogen-bond acceptors (Lipinski definition) is 4. The fourth-order valence-corrected chi connectivity index (χ4v) is 3.80. The number of phenolic OH excluding ortho intramolecular Hbond substituents is 1. The highest BCUT2D eigenvalue weighted by Gasteiger charge is 2.30. The molecule has 0 bridgehead atoms. The van der Waals surface area contributed by atoms with E-state index in [-0.39, 0.29) is 16.5 Å². The van der Waals surface area contributed by atoms with Crippen molar-refractivity contribution in [2.45, 2.75) is 24.8 Å². The second-order valence-corrected chi connectivity index (χ2v) is 8.04. The quantitative estimate of drug-likeness (QED) is 0.649. The molecular formula is C17H18ClFN2O4S. The molecule has 26 heavy (non-hydrogen) atoms. The summed E-state index contributed by atoms with van der Waals surface area (Å²) in [6.07, 6.45) is 0. The number of amides is 1. The first-order valence-corrected chi connectivity index (χ1v) is 9.54. The Morgan fingerprint density at radius 1 is 1.19 bits per heavy atom. The van der Waals surface area contributed by atoms with Crippen LogP contribution in [0.4, 0.5) is 10.1 Å². The van der Waals surface area contributed by atoms with E-state index in [1.54, 1.807) is 13.8 Å². The van der Waals surface area contributed by atoms with Crippen molar-refractivity contribution in [3.63, 3.8) is 0 Å². The van der Waals surface area contributed by atoms with Crippen molar-refractivity contribution in [1.82, 2.24) is 4.72 Å². The van der Waals surface area contributed by atoms with Crippen LogP contribution in [0.2, 0.25) is 5.02 Å². The molecule has 0 fully saturated rings. The topological polar surface area (TPSA) is 95.5 Å². The number of halogens is 2. The third kappa shape index (κ3) is 4.72. The third-order valence-electron chi connectivity index (χ3n) is 3.57. The third-order valence-corrected chi connectivity index (χ3v) is 5.28. The molecule has 2 aromatic rings. The van der Waals surface area contributed by atoms with Crippen LogP contribution in [0, 0.1) is 11.7 Å². The van der Waals surface area contributed by atoms with Gasteiger partial charge in [0.1, 0.15) is 22.5 Å². The second-order valence-electron chi connectivity index (χ2n) is 5.92. The molecule has 0 spiro atoms. The number of carbonyl (C=O) groups excluding carboxylic acids is 1. The van der Waals surface area contributed by atoms with Crippen LogP contribution >= 0.6 is 11.6 Å². The van der Waals surface area contributed by atoms with Crippen LogP contribution in [0.1, 0.15) is 13.8 Å². The standard InChI is InChI=1S/C17H18ClFN2O4S/c1-10(2)16(17(23)20-13-9-11(18)7-8-14(13)22)21-26(24,25)15-6-4-3-5-12(15)19/h3-10,16,21-22H,1-2H3,(H,20,23)/t16-/m0/s1. The van der Waals surface area contributed by atoms with E-state index in [4.69, 9.17) is 11.6 Å². The lowest BCUT2D eigenvalue weighted by atomic mass is 10.0. The molecule has 2 aromatic carbocycles. The first-order valence-electron chi connectivity index (χ1n) is 7.68. The summed E-state index contributed by atoms with van der Waals surface area (Å²) < 4.78 is 40.9. The predicted octanol–water partition coefficient (Wildman–Crippen LogP) is 3.13. The SMILES string of the molecule is CC(C)[C@H](NS(=O)(=O)c1ccccc1F)C(=O)Nc1cc(Cl)ccc1O. The summed E-state index contributed by atoms with van der Waals surface area (Å²) in [4.78, 5) is 12.0. The molecule has 2 rings (SSSR count). The maximum atomic E-state index is 13.8. The number of nitrogens with one attached hydrogen (secondary N) is 2. The zero-order chi connectivity index (χ0) is 19.5. The first kappa shape index (κ1) is 20.2. The Kier molecular flexibility index (Phi) is 6.22. The molecule has 0 saturated carbocycles. The molecular weight excluding hydrogens is 383 g/mol. The molecule has 6 nitrogen and oxygen atoms in total. The lowest BCUT2D eigenvalue weighted by Gasteiger charge is -2.22. The molecule has 3 N–H and O–H groups in total. The average Bonchev–Trinajstić information content (AvgIpc) is 2.56. The zero-order valence-electron chi connectivity index (χ0n) is 14.0. The summed E-state index contributed by atoms with van der Waals surface area (Å²) in [5, 5.41) is 12.5. The van der Waals surface area contributed by atoms with Crippen LogP contribution in [-0.2, 0) is 14.8 Å². The number of aromatic hydroxyl groups is 1. The van der Waals surface area contributed by atoms with Gasteiger partial charge in [0.25, 0.3) is 0 Å². The van der Waals surface area contributed by atoms with Gasteiger partial charge in [0.2, 0.25) is 15.9 Å². The van der Waals surface area contributed by atoms with E-state index in [0.717, 1.165) is 12.1 Å². The molecule has 0 saturated heterocycles. The summed E-state index contributed by atoms with van der Waals surface area (Å²) in [5.41, 5.74) is 0.0400. The number of sulfonamides is 1. The van der Waals surface area contributed by atoms with Gasteiger partial charge >= 0.3 is 0 Å². The summed E-state index contributed by atoms with van der Waals surface area (Å²) in [6.45, 7) is 3.26. The number of carbonyl (C=O) groups is 1. The Labute approximate surface area is 156 Å². The Morgan fingerprint density at radius 2 is 1.85 bits per heavy atom. The number of rotatable bonds is 6. The monoisotopic (exact) mass is 400 g/mol. The maximum absolute atomic E-state index is 13.8. The summed E-state index contributed by atoms with van der Waals surface area (Å²) in [6, 6.07) is 7.74. The van der Waals surface area contributed by atoms with Crippen molar-refractivity contribution in [2.24, 2.45) is 5.92 Å². The lowest BCUT2D eigenvalue weighted by molar-refractivity contribution is -0.118. The van der Waals surface area contributed by atoms with E-state index in [1.807, 2.05) is 0 Å². The Hall–Kier alpha value is -2.16. The Morgan fingerprint density at radius 3 is 2.46 bits per heavy atom.